The van der Waals surface area contributed by atoms with Crippen LogP contribution in [0.2, 0.25) is 0 Å². The molecule has 0 aromatic carbocycles. The topological polar surface area (TPSA) is 114 Å². The van der Waals surface area contributed by atoms with Crippen molar-refractivity contribution in [3.63, 3.8) is 0 Å². The van der Waals surface area contributed by atoms with Crippen LogP contribution in [0.5, 0.6) is 0 Å². The van der Waals surface area contributed by atoms with E-state index in [0.29, 0.717) is 19.5 Å². The molecule has 6 heteroatoms. The van der Waals surface area contributed by atoms with Crippen LogP contribution in [0, 0.1) is 5.92 Å². The molecule has 0 aromatic heterocycles. The van der Waals surface area contributed by atoms with Gasteiger partial charge in [-0.15, -0.1) is 0 Å². The fraction of sp³-hybridized carbons (Fsp3) is 0.714. The maximum Gasteiger partial charge on any atom is 0.320 e. The van der Waals surface area contributed by atoms with Gasteiger partial charge < -0.3 is 21.9 Å². The molecule has 1 saturated heterocycles. The summed E-state index contributed by atoms with van der Waals surface area (Å²) in [4.78, 5) is 14.4. The van der Waals surface area contributed by atoms with Crippen molar-refractivity contribution in [2.75, 3.05) is 13.1 Å². The Morgan fingerprint density at radius 1 is 1.62 bits per heavy atom. The summed E-state index contributed by atoms with van der Waals surface area (Å²) < 4.78 is 0. The molecule has 0 saturated carbocycles. The van der Waals surface area contributed by atoms with E-state index in [0.717, 1.165) is 0 Å². The highest BCUT2D eigenvalue weighted by atomic mass is 16.4. The molecule has 0 amide bonds. The van der Waals surface area contributed by atoms with Gasteiger partial charge in [-0.1, -0.05) is 0 Å². The number of hydrogen-bond donors (Lipinski definition) is 4. The van der Waals surface area contributed by atoms with Crippen molar-refractivity contribution in [2.45, 2.75) is 12.5 Å². The Kier molecular flexibility index (Phi) is 3.07. The van der Waals surface area contributed by atoms with Crippen molar-refractivity contribution in [3.05, 3.63) is 0 Å². The van der Waals surface area contributed by atoms with Crippen molar-refractivity contribution >= 4 is 11.9 Å². The van der Waals surface area contributed by atoms with Gasteiger partial charge in [-0.2, -0.15) is 0 Å². The Labute approximate surface area is 76.0 Å². The molecular weight excluding hydrogens is 172 g/mol. The van der Waals surface area contributed by atoms with Crippen LogP contribution in [-0.2, 0) is 4.79 Å². The lowest BCUT2D eigenvalue weighted by Crippen LogP contribution is -2.29. The lowest BCUT2D eigenvalue weighted by atomic mass is 10.1. The summed E-state index contributed by atoms with van der Waals surface area (Å²) in [5, 5.41) is 11.5. The summed E-state index contributed by atoms with van der Waals surface area (Å²) in [5.41, 5.74) is 10.3. The van der Waals surface area contributed by atoms with Crippen LogP contribution in [0.4, 0.5) is 0 Å². The molecule has 0 aliphatic carbocycles. The monoisotopic (exact) mass is 186 g/mol. The predicted octanol–water partition coefficient (Wildman–Crippen LogP) is -1.68. The zero-order valence-electron chi connectivity index (χ0n) is 7.23. The number of carboxylic acid groups (broad SMARTS) is 1. The minimum Gasteiger partial charge on any atom is -0.480 e. The molecule has 0 aromatic rings. The van der Waals surface area contributed by atoms with Crippen LogP contribution >= 0.6 is 0 Å². The van der Waals surface area contributed by atoms with Gasteiger partial charge in [0.2, 0.25) is 0 Å². The van der Waals surface area contributed by atoms with Gasteiger partial charge in [0.1, 0.15) is 6.04 Å². The molecule has 1 fully saturated rings. The van der Waals surface area contributed by atoms with E-state index in [2.05, 4.69) is 10.3 Å². The third-order valence-electron chi connectivity index (χ3n) is 2.05. The molecule has 1 rings (SSSR count). The van der Waals surface area contributed by atoms with E-state index < -0.39 is 12.0 Å². The van der Waals surface area contributed by atoms with E-state index in [1.807, 2.05) is 0 Å². The standard InChI is InChI=1S/C7H14N4O2/c8-7(9)11-3-4-1-5(6(12)13)10-2-4/h4-5,10H,1-3H2,(H,12,13)(H4,8,9,11). The third kappa shape index (κ3) is 2.90. The highest BCUT2D eigenvalue weighted by molar-refractivity contribution is 5.75. The van der Waals surface area contributed by atoms with Crippen molar-refractivity contribution in [2.24, 2.45) is 22.4 Å². The number of nitrogens with one attached hydrogen (secondary N) is 1. The normalized spacial score (nSPS) is 27.1. The van der Waals surface area contributed by atoms with Crippen molar-refractivity contribution in [1.29, 1.82) is 0 Å². The molecule has 2 atom stereocenters. The number of carbonyl (C=O) groups is 1. The van der Waals surface area contributed by atoms with Gasteiger partial charge in [0.05, 0.1) is 0 Å². The Morgan fingerprint density at radius 3 is 2.77 bits per heavy atom. The molecule has 0 bridgehead atoms. The van der Waals surface area contributed by atoms with Crippen LogP contribution in [0.15, 0.2) is 4.99 Å². The van der Waals surface area contributed by atoms with E-state index in [4.69, 9.17) is 16.6 Å². The largest absolute Gasteiger partial charge is 0.480 e. The van der Waals surface area contributed by atoms with Crippen molar-refractivity contribution < 1.29 is 9.90 Å². The number of nitrogens with zero attached hydrogens (tertiary/aromatic N) is 1. The van der Waals surface area contributed by atoms with E-state index in [-0.39, 0.29) is 11.9 Å². The first-order chi connectivity index (χ1) is 6.09. The molecule has 1 heterocycles. The van der Waals surface area contributed by atoms with Crippen molar-refractivity contribution in [3.8, 4) is 0 Å². The van der Waals surface area contributed by atoms with Gasteiger partial charge in [-0.3, -0.25) is 9.79 Å². The summed E-state index contributed by atoms with van der Waals surface area (Å²) >= 11 is 0. The fourth-order valence-electron chi connectivity index (χ4n) is 1.37. The highest BCUT2D eigenvalue weighted by Crippen LogP contribution is 2.14. The van der Waals surface area contributed by atoms with Gasteiger partial charge in [-0.05, 0) is 12.3 Å². The number of guanidine groups is 1. The van der Waals surface area contributed by atoms with E-state index in [1.54, 1.807) is 0 Å². The molecule has 13 heavy (non-hydrogen) atoms. The smallest absolute Gasteiger partial charge is 0.320 e. The van der Waals surface area contributed by atoms with Crippen LogP contribution < -0.4 is 16.8 Å². The summed E-state index contributed by atoms with van der Waals surface area (Å²) in [6, 6.07) is -0.445. The Morgan fingerprint density at radius 2 is 2.31 bits per heavy atom. The minimum absolute atomic E-state index is 0.0544. The maximum atomic E-state index is 10.5. The molecule has 1 aliphatic rings. The van der Waals surface area contributed by atoms with Gasteiger partial charge >= 0.3 is 5.97 Å². The zero-order chi connectivity index (χ0) is 9.84. The number of hydrogen-bond acceptors (Lipinski definition) is 3. The molecule has 6 N–H and O–H groups in total. The molecular formula is C7H14N4O2. The second-order valence-electron chi connectivity index (χ2n) is 3.17. The molecule has 1 aliphatic heterocycles. The second kappa shape index (κ2) is 4.08. The summed E-state index contributed by atoms with van der Waals surface area (Å²) in [6.45, 7) is 1.16. The first kappa shape index (κ1) is 9.79. The van der Waals surface area contributed by atoms with Crippen molar-refractivity contribution in [1.82, 2.24) is 5.32 Å². The number of nitrogens with two attached hydrogens (primary N) is 2. The van der Waals surface area contributed by atoms with Crippen LogP contribution in [-0.4, -0.2) is 36.2 Å². The van der Waals surface area contributed by atoms with Gasteiger partial charge in [0, 0.05) is 13.1 Å². The number of rotatable bonds is 3. The van der Waals surface area contributed by atoms with Gasteiger partial charge in [0.15, 0.2) is 5.96 Å². The zero-order valence-corrected chi connectivity index (χ0v) is 7.23. The number of aliphatic imine (C=N–C) groups is 1. The molecule has 74 valence electrons. The average Bonchev–Trinajstić information content (AvgIpc) is 2.48. The third-order valence-corrected chi connectivity index (χ3v) is 2.05. The lowest BCUT2D eigenvalue weighted by Gasteiger charge is -2.03. The average molecular weight is 186 g/mol. The van der Waals surface area contributed by atoms with E-state index in [9.17, 15) is 4.79 Å². The predicted molar refractivity (Wildman–Crippen MR) is 48.2 cm³/mol. The summed E-state index contributed by atoms with van der Waals surface area (Å²) in [6.07, 6.45) is 0.589. The summed E-state index contributed by atoms with van der Waals surface area (Å²) in [7, 11) is 0. The second-order valence-corrected chi connectivity index (χ2v) is 3.17. The molecule has 2 unspecified atom stereocenters. The highest BCUT2D eigenvalue weighted by Gasteiger charge is 2.28. The molecule has 0 spiro atoms. The first-order valence-corrected chi connectivity index (χ1v) is 4.11. The molecule has 0 radical (unpaired) electrons. The minimum atomic E-state index is -0.813. The Bertz CT molecular complexity index is 225. The van der Waals surface area contributed by atoms with Gasteiger partial charge in [-0.25, -0.2) is 0 Å². The van der Waals surface area contributed by atoms with Crippen LogP contribution in [0.3, 0.4) is 0 Å². The fourth-order valence-corrected chi connectivity index (χ4v) is 1.37. The first-order valence-electron chi connectivity index (χ1n) is 4.11. The SMILES string of the molecule is NC(N)=NCC1CNC(C(=O)O)C1. The van der Waals surface area contributed by atoms with Crippen LogP contribution in [0.1, 0.15) is 6.42 Å². The van der Waals surface area contributed by atoms with E-state index >= 15 is 0 Å². The Hall–Kier alpha value is -1.30. The van der Waals surface area contributed by atoms with Crippen LogP contribution in [0.25, 0.3) is 0 Å². The maximum absolute atomic E-state index is 10.5. The number of aliphatic carboxylic acids is 1. The quantitative estimate of drug-likeness (QED) is 0.310. The molecule has 6 nitrogen and oxygen atoms in total. The van der Waals surface area contributed by atoms with Gasteiger partial charge in [0.25, 0.3) is 0 Å². The lowest BCUT2D eigenvalue weighted by molar-refractivity contribution is -0.139. The van der Waals surface area contributed by atoms with E-state index in [1.165, 1.54) is 0 Å². The number of carboxylic acids is 1. The Balaban J connectivity index is 2.33. The summed E-state index contributed by atoms with van der Waals surface area (Å²) in [5.74, 6) is -0.533.